The van der Waals surface area contributed by atoms with E-state index in [4.69, 9.17) is 21.1 Å². The Balaban J connectivity index is 2.04. The average molecular weight is 347 g/mol. The van der Waals surface area contributed by atoms with Crippen molar-refractivity contribution in [2.75, 3.05) is 31.0 Å². The van der Waals surface area contributed by atoms with Gasteiger partial charge in [-0.3, -0.25) is 14.5 Å². The van der Waals surface area contributed by atoms with Crippen molar-refractivity contribution >= 4 is 34.8 Å². The van der Waals surface area contributed by atoms with Crippen molar-refractivity contribution in [2.24, 2.45) is 0 Å². The number of halogens is 1. The Kier molecular flexibility index (Phi) is 4.31. The van der Waals surface area contributed by atoms with Gasteiger partial charge in [0, 0.05) is 5.56 Å². The molecule has 24 heavy (non-hydrogen) atoms. The Morgan fingerprint density at radius 3 is 2.67 bits per heavy atom. The van der Waals surface area contributed by atoms with Crippen LogP contribution in [-0.2, 0) is 4.79 Å². The van der Waals surface area contributed by atoms with E-state index in [1.54, 1.807) is 30.3 Å². The maximum atomic E-state index is 12.9. The highest BCUT2D eigenvalue weighted by Crippen LogP contribution is 2.37. The van der Waals surface area contributed by atoms with Crippen LogP contribution in [0.15, 0.2) is 36.4 Å². The molecule has 1 aliphatic heterocycles. The van der Waals surface area contributed by atoms with Gasteiger partial charge in [0.05, 0.1) is 30.6 Å². The van der Waals surface area contributed by atoms with E-state index in [9.17, 15) is 9.59 Å². The molecule has 0 bridgehead atoms. The highest BCUT2D eigenvalue weighted by molar-refractivity contribution is 6.33. The van der Waals surface area contributed by atoms with Crippen molar-refractivity contribution in [1.29, 1.82) is 0 Å². The second-order valence-electron chi connectivity index (χ2n) is 5.15. The Labute approximate surface area is 143 Å². The lowest BCUT2D eigenvalue weighted by atomic mass is 10.1. The molecule has 124 valence electrons. The molecule has 2 amide bonds. The first kappa shape index (κ1) is 16.1. The second kappa shape index (κ2) is 6.41. The Hall–Kier alpha value is -2.73. The number of hydrogen-bond acceptors (Lipinski definition) is 4. The Morgan fingerprint density at radius 1 is 1.21 bits per heavy atom. The first-order chi connectivity index (χ1) is 11.5. The van der Waals surface area contributed by atoms with E-state index in [1.165, 1.54) is 25.2 Å². The number of fused-ring (bicyclic) bond motifs is 1. The third-order valence-corrected chi connectivity index (χ3v) is 3.98. The number of rotatable bonds is 3. The number of ether oxygens (including phenoxy) is 2. The molecule has 2 aromatic rings. The molecule has 3 rings (SSSR count). The Morgan fingerprint density at radius 2 is 1.96 bits per heavy atom. The van der Waals surface area contributed by atoms with Gasteiger partial charge in [0.15, 0.2) is 11.5 Å². The minimum atomic E-state index is -0.347. The molecule has 0 radical (unpaired) electrons. The van der Waals surface area contributed by atoms with Gasteiger partial charge in [-0.1, -0.05) is 23.7 Å². The van der Waals surface area contributed by atoms with Gasteiger partial charge in [0.1, 0.15) is 6.54 Å². The third kappa shape index (κ3) is 2.76. The van der Waals surface area contributed by atoms with E-state index in [1.807, 2.05) is 0 Å². The molecule has 6 nitrogen and oxygen atoms in total. The summed E-state index contributed by atoms with van der Waals surface area (Å²) in [5, 5.41) is 3.00. The zero-order valence-electron chi connectivity index (χ0n) is 13.1. The van der Waals surface area contributed by atoms with E-state index in [0.717, 1.165) is 0 Å². The molecule has 1 aliphatic rings. The summed E-state index contributed by atoms with van der Waals surface area (Å²) in [6.07, 6.45) is 0. The van der Waals surface area contributed by atoms with E-state index in [-0.39, 0.29) is 23.4 Å². The SMILES string of the molecule is COc1cc(C(=O)N2CC(=O)Nc3ccccc32)cc(Cl)c1OC. The minimum Gasteiger partial charge on any atom is -0.493 e. The van der Waals surface area contributed by atoms with Crippen LogP contribution < -0.4 is 19.7 Å². The normalized spacial score (nSPS) is 13.1. The molecule has 0 aliphatic carbocycles. The largest absolute Gasteiger partial charge is 0.493 e. The van der Waals surface area contributed by atoms with Gasteiger partial charge in [0.2, 0.25) is 5.91 Å². The maximum absolute atomic E-state index is 12.9. The molecule has 0 spiro atoms. The summed E-state index contributed by atoms with van der Waals surface area (Å²) in [4.78, 5) is 26.2. The quantitative estimate of drug-likeness (QED) is 0.927. The van der Waals surface area contributed by atoms with Gasteiger partial charge in [-0.15, -0.1) is 0 Å². The molecule has 2 aromatic carbocycles. The van der Waals surface area contributed by atoms with Crippen molar-refractivity contribution in [1.82, 2.24) is 0 Å². The maximum Gasteiger partial charge on any atom is 0.259 e. The number of anilines is 2. The lowest BCUT2D eigenvalue weighted by Crippen LogP contribution is -2.42. The van der Waals surface area contributed by atoms with Gasteiger partial charge < -0.3 is 14.8 Å². The van der Waals surface area contributed by atoms with Gasteiger partial charge in [0.25, 0.3) is 5.91 Å². The number of carbonyl (C=O) groups excluding carboxylic acids is 2. The number of nitrogens with one attached hydrogen (secondary N) is 1. The molecule has 0 atom stereocenters. The van der Waals surface area contributed by atoms with Gasteiger partial charge >= 0.3 is 0 Å². The van der Waals surface area contributed by atoms with Gasteiger partial charge in [-0.05, 0) is 24.3 Å². The van der Waals surface area contributed by atoms with E-state index in [2.05, 4.69) is 5.32 Å². The predicted octanol–water partition coefficient (Wildman–Crippen LogP) is 2.96. The summed E-state index contributed by atoms with van der Waals surface area (Å²) >= 11 is 6.17. The number of carbonyl (C=O) groups is 2. The predicted molar refractivity (Wildman–Crippen MR) is 91.3 cm³/mol. The zero-order chi connectivity index (χ0) is 17.3. The number of methoxy groups -OCH3 is 2. The molecule has 0 saturated carbocycles. The summed E-state index contributed by atoms with van der Waals surface area (Å²) in [6.45, 7) is -0.0676. The second-order valence-corrected chi connectivity index (χ2v) is 5.56. The van der Waals surface area contributed by atoms with Gasteiger partial charge in [-0.2, -0.15) is 0 Å². The van der Waals surface area contributed by atoms with Crippen LogP contribution >= 0.6 is 11.6 Å². The first-order valence-electron chi connectivity index (χ1n) is 7.17. The highest BCUT2D eigenvalue weighted by atomic mass is 35.5. The smallest absolute Gasteiger partial charge is 0.259 e. The van der Waals surface area contributed by atoms with Crippen molar-refractivity contribution in [2.45, 2.75) is 0 Å². The highest BCUT2D eigenvalue weighted by Gasteiger charge is 2.28. The zero-order valence-corrected chi connectivity index (χ0v) is 13.9. The monoisotopic (exact) mass is 346 g/mol. The minimum absolute atomic E-state index is 0.0676. The number of para-hydroxylation sites is 2. The molecule has 1 heterocycles. The molecular formula is C17H15ClN2O4. The van der Waals surface area contributed by atoms with Crippen LogP contribution in [0.5, 0.6) is 11.5 Å². The first-order valence-corrected chi connectivity index (χ1v) is 7.55. The summed E-state index contributed by atoms with van der Waals surface area (Å²) in [7, 11) is 2.93. The van der Waals surface area contributed by atoms with Gasteiger partial charge in [-0.25, -0.2) is 0 Å². The fourth-order valence-electron chi connectivity index (χ4n) is 2.61. The van der Waals surface area contributed by atoms with Crippen LogP contribution in [0.3, 0.4) is 0 Å². The van der Waals surface area contributed by atoms with Crippen LogP contribution in [0.1, 0.15) is 10.4 Å². The fraction of sp³-hybridized carbons (Fsp3) is 0.176. The molecule has 7 heteroatoms. The standard InChI is InChI=1S/C17H15ClN2O4/c1-23-14-8-10(7-11(18)16(14)24-2)17(22)20-9-15(21)19-12-5-3-4-6-13(12)20/h3-8H,9H2,1-2H3,(H,19,21). The summed E-state index contributed by atoms with van der Waals surface area (Å²) in [6, 6.07) is 10.2. The van der Waals surface area contributed by atoms with Crippen LogP contribution in [0.2, 0.25) is 5.02 Å². The topological polar surface area (TPSA) is 67.9 Å². The summed E-state index contributed by atoms with van der Waals surface area (Å²) in [5.74, 6) is 0.101. The molecule has 1 N–H and O–H groups in total. The van der Waals surface area contributed by atoms with Crippen molar-refractivity contribution in [3.05, 3.63) is 47.0 Å². The number of nitrogens with zero attached hydrogens (tertiary/aromatic N) is 1. The van der Waals surface area contributed by atoms with Crippen molar-refractivity contribution < 1.29 is 19.1 Å². The fourth-order valence-corrected chi connectivity index (χ4v) is 2.90. The van der Waals surface area contributed by atoms with E-state index < -0.39 is 0 Å². The number of benzene rings is 2. The molecule has 0 fully saturated rings. The van der Waals surface area contributed by atoms with E-state index in [0.29, 0.717) is 28.4 Å². The summed E-state index contributed by atoms with van der Waals surface area (Å²) in [5.41, 5.74) is 1.53. The van der Waals surface area contributed by atoms with E-state index >= 15 is 0 Å². The van der Waals surface area contributed by atoms with Crippen LogP contribution in [0, 0.1) is 0 Å². The Bertz CT molecular complexity index is 822. The van der Waals surface area contributed by atoms with Crippen molar-refractivity contribution in [3.8, 4) is 11.5 Å². The number of amides is 2. The lowest BCUT2D eigenvalue weighted by molar-refractivity contribution is -0.115. The third-order valence-electron chi connectivity index (χ3n) is 3.70. The number of hydrogen-bond donors (Lipinski definition) is 1. The molecule has 0 saturated heterocycles. The van der Waals surface area contributed by atoms with Crippen LogP contribution in [0.4, 0.5) is 11.4 Å². The molecule has 0 aromatic heterocycles. The van der Waals surface area contributed by atoms with Crippen LogP contribution in [0.25, 0.3) is 0 Å². The van der Waals surface area contributed by atoms with Crippen molar-refractivity contribution in [3.63, 3.8) is 0 Å². The van der Waals surface area contributed by atoms with Crippen LogP contribution in [-0.4, -0.2) is 32.6 Å². The molecular weight excluding hydrogens is 332 g/mol. The summed E-state index contributed by atoms with van der Waals surface area (Å²) < 4.78 is 10.4. The average Bonchev–Trinajstić information content (AvgIpc) is 2.59. The lowest BCUT2D eigenvalue weighted by Gasteiger charge is -2.29. The molecule has 0 unspecified atom stereocenters.